The summed E-state index contributed by atoms with van der Waals surface area (Å²) in [6.45, 7) is 1.33. The van der Waals surface area contributed by atoms with Gasteiger partial charge in [-0.25, -0.2) is 0 Å². The molecule has 0 atom stereocenters. The number of methoxy groups -OCH3 is 1. The fraction of sp³-hybridized carbons (Fsp3) is 0.318. The normalized spacial score (nSPS) is 12.9. The van der Waals surface area contributed by atoms with Crippen molar-refractivity contribution in [2.45, 2.75) is 12.8 Å². The number of ether oxygens (including phenoxy) is 2. The van der Waals surface area contributed by atoms with Crippen LogP contribution in [-0.4, -0.2) is 56.0 Å². The lowest BCUT2D eigenvalue weighted by Gasteiger charge is -2.15. The third-order valence-corrected chi connectivity index (χ3v) is 4.70. The van der Waals surface area contributed by atoms with E-state index < -0.39 is 0 Å². The van der Waals surface area contributed by atoms with Crippen LogP contribution in [0.25, 0.3) is 0 Å². The second kappa shape index (κ2) is 10.3. The third-order valence-electron chi connectivity index (χ3n) is 4.70. The molecule has 2 aromatic carbocycles. The summed E-state index contributed by atoms with van der Waals surface area (Å²) in [5, 5.41) is 5.36. The summed E-state index contributed by atoms with van der Waals surface area (Å²) >= 11 is 0. The molecule has 0 aromatic heterocycles. The molecule has 0 saturated carbocycles. The number of nitrogens with zero attached hydrogens (tertiary/aromatic N) is 1. The average molecular weight is 411 g/mol. The summed E-state index contributed by atoms with van der Waals surface area (Å²) in [5.74, 6) is 0.392. The topological polar surface area (TPSA) is 97.0 Å². The van der Waals surface area contributed by atoms with Gasteiger partial charge >= 0.3 is 0 Å². The summed E-state index contributed by atoms with van der Waals surface area (Å²) in [5.41, 5.74) is 1.02. The van der Waals surface area contributed by atoms with Gasteiger partial charge in [-0.1, -0.05) is 6.07 Å². The highest BCUT2D eigenvalue weighted by Gasteiger charge is 2.18. The van der Waals surface area contributed by atoms with E-state index in [1.54, 1.807) is 60.5 Å². The van der Waals surface area contributed by atoms with Crippen LogP contribution < -0.4 is 20.1 Å². The van der Waals surface area contributed by atoms with Crippen LogP contribution in [0.5, 0.6) is 11.5 Å². The van der Waals surface area contributed by atoms with E-state index in [1.807, 2.05) is 0 Å². The van der Waals surface area contributed by atoms with Crippen molar-refractivity contribution < 1.29 is 23.9 Å². The molecule has 1 fully saturated rings. The Kier molecular flexibility index (Phi) is 7.26. The number of amides is 3. The van der Waals surface area contributed by atoms with Gasteiger partial charge in [0, 0.05) is 30.4 Å². The Balaban J connectivity index is 1.43. The fourth-order valence-electron chi connectivity index (χ4n) is 3.09. The summed E-state index contributed by atoms with van der Waals surface area (Å²) in [7, 11) is 1.55. The maximum Gasteiger partial charge on any atom is 0.262 e. The number of carbonyl (C=O) groups is 3. The van der Waals surface area contributed by atoms with E-state index in [-0.39, 0.29) is 30.9 Å². The molecule has 3 amide bonds. The fourth-order valence-corrected chi connectivity index (χ4v) is 3.09. The monoisotopic (exact) mass is 411 g/mol. The van der Waals surface area contributed by atoms with E-state index in [0.717, 1.165) is 25.9 Å². The van der Waals surface area contributed by atoms with E-state index in [9.17, 15) is 14.4 Å². The molecule has 1 heterocycles. The van der Waals surface area contributed by atoms with E-state index in [4.69, 9.17) is 9.47 Å². The Morgan fingerprint density at radius 2 is 1.73 bits per heavy atom. The zero-order valence-corrected chi connectivity index (χ0v) is 16.8. The van der Waals surface area contributed by atoms with Crippen molar-refractivity contribution in [1.82, 2.24) is 10.2 Å². The van der Waals surface area contributed by atoms with Crippen molar-refractivity contribution in [3.8, 4) is 11.5 Å². The summed E-state index contributed by atoms with van der Waals surface area (Å²) in [6, 6.07) is 13.4. The minimum atomic E-state index is -0.329. The number of hydrogen-bond acceptors (Lipinski definition) is 5. The first-order valence-corrected chi connectivity index (χ1v) is 9.78. The lowest BCUT2D eigenvalue weighted by Crippen LogP contribution is -2.38. The average Bonchev–Trinajstić information content (AvgIpc) is 3.31. The van der Waals surface area contributed by atoms with Crippen molar-refractivity contribution in [3.63, 3.8) is 0 Å². The smallest absolute Gasteiger partial charge is 0.262 e. The molecule has 1 aliphatic heterocycles. The number of nitrogens with one attached hydrogen (secondary N) is 2. The highest BCUT2D eigenvalue weighted by atomic mass is 16.5. The van der Waals surface area contributed by atoms with Crippen LogP contribution in [0.4, 0.5) is 5.69 Å². The van der Waals surface area contributed by atoms with Crippen molar-refractivity contribution in [1.29, 1.82) is 0 Å². The summed E-state index contributed by atoms with van der Waals surface area (Å²) in [6.07, 6.45) is 2.03. The molecule has 1 aliphatic rings. The van der Waals surface area contributed by atoms with Gasteiger partial charge in [0.05, 0.1) is 13.7 Å². The van der Waals surface area contributed by atoms with Gasteiger partial charge in [-0.2, -0.15) is 0 Å². The number of rotatable bonds is 8. The Morgan fingerprint density at radius 3 is 2.43 bits per heavy atom. The molecule has 8 nitrogen and oxygen atoms in total. The quantitative estimate of drug-likeness (QED) is 0.693. The van der Waals surface area contributed by atoms with E-state index >= 15 is 0 Å². The molecule has 3 rings (SSSR count). The standard InChI is InChI=1S/C22H25N3O5/c1-29-19-6-4-5-17(13-19)24-20(26)15-30-18-9-7-16(8-10-18)22(28)23-14-21(27)25-11-2-3-12-25/h4-10,13H,2-3,11-12,14-15H2,1H3,(H,23,28)(H,24,26). The van der Waals surface area contributed by atoms with Gasteiger partial charge in [0.1, 0.15) is 11.5 Å². The molecule has 0 spiro atoms. The zero-order chi connectivity index (χ0) is 21.3. The first-order chi connectivity index (χ1) is 14.5. The van der Waals surface area contributed by atoms with Crippen LogP contribution in [-0.2, 0) is 9.59 Å². The van der Waals surface area contributed by atoms with Gasteiger partial charge in [-0.15, -0.1) is 0 Å². The lowest BCUT2D eigenvalue weighted by molar-refractivity contribution is -0.129. The SMILES string of the molecule is COc1cccc(NC(=O)COc2ccc(C(=O)NCC(=O)N3CCCC3)cc2)c1. The second-order valence-corrected chi connectivity index (χ2v) is 6.86. The molecule has 0 bridgehead atoms. The summed E-state index contributed by atoms with van der Waals surface area (Å²) in [4.78, 5) is 38.0. The van der Waals surface area contributed by atoms with Gasteiger partial charge in [-0.05, 0) is 49.2 Å². The second-order valence-electron chi connectivity index (χ2n) is 6.86. The predicted octanol–water partition coefficient (Wildman–Crippen LogP) is 2.06. The maximum atomic E-state index is 12.2. The van der Waals surface area contributed by atoms with Gasteiger partial charge in [0.25, 0.3) is 11.8 Å². The van der Waals surface area contributed by atoms with E-state index in [1.165, 1.54) is 0 Å². The molecule has 158 valence electrons. The van der Waals surface area contributed by atoms with Gasteiger partial charge in [0.15, 0.2) is 6.61 Å². The van der Waals surface area contributed by atoms with Crippen LogP contribution in [0, 0.1) is 0 Å². The van der Waals surface area contributed by atoms with Gasteiger partial charge in [-0.3, -0.25) is 14.4 Å². The Labute approximate surface area is 175 Å². The highest BCUT2D eigenvalue weighted by molar-refractivity contribution is 5.96. The minimum absolute atomic E-state index is 0.0124. The van der Waals surface area contributed by atoms with Gasteiger partial charge < -0.3 is 25.0 Å². The van der Waals surface area contributed by atoms with Crippen molar-refractivity contribution in [2.24, 2.45) is 0 Å². The van der Waals surface area contributed by atoms with Crippen LogP contribution in [0.2, 0.25) is 0 Å². The Bertz CT molecular complexity index is 892. The number of benzene rings is 2. The van der Waals surface area contributed by atoms with Crippen LogP contribution >= 0.6 is 0 Å². The number of hydrogen-bond donors (Lipinski definition) is 2. The lowest BCUT2D eigenvalue weighted by atomic mass is 10.2. The predicted molar refractivity (Wildman–Crippen MR) is 112 cm³/mol. The molecule has 2 aromatic rings. The van der Waals surface area contributed by atoms with Crippen LogP contribution in [0.15, 0.2) is 48.5 Å². The van der Waals surface area contributed by atoms with Crippen molar-refractivity contribution >= 4 is 23.4 Å². The molecule has 8 heteroatoms. The first-order valence-electron chi connectivity index (χ1n) is 9.78. The largest absolute Gasteiger partial charge is 0.497 e. The summed E-state index contributed by atoms with van der Waals surface area (Å²) < 4.78 is 10.6. The minimum Gasteiger partial charge on any atom is -0.497 e. The van der Waals surface area contributed by atoms with Crippen molar-refractivity contribution in [3.05, 3.63) is 54.1 Å². The molecular formula is C22H25N3O5. The molecule has 2 N–H and O–H groups in total. The van der Waals surface area contributed by atoms with Crippen LogP contribution in [0.1, 0.15) is 23.2 Å². The van der Waals surface area contributed by atoms with Gasteiger partial charge in [0.2, 0.25) is 5.91 Å². The molecule has 30 heavy (non-hydrogen) atoms. The Morgan fingerprint density at radius 1 is 1.00 bits per heavy atom. The highest BCUT2D eigenvalue weighted by Crippen LogP contribution is 2.17. The number of likely N-dealkylation sites (tertiary alicyclic amines) is 1. The molecular weight excluding hydrogens is 386 g/mol. The molecule has 0 aliphatic carbocycles. The molecule has 1 saturated heterocycles. The number of anilines is 1. The molecule has 0 radical (unpaired) electrons. The van der Waals surface area contributed by atoms with E-state index in [2.05, 4.69) is 10.6 Å². The van der Waals surface area contributed by atoms with Crippen molar-refractivity contribution in [2.75, 3.05) is 38.7 Å². The number of carbonyl (C=O) groups excluding carboxylic acids is 3. The zero-order valence-electron chi connectivity index (χ0n) is 16.8. The van der Waals surface area contributed by atoms with E-state index in [0.29, 0.717) is 22.7 Å². The Hall–Kier alpha value is -3.55. The first kappa shape index (κ1) is 21.2. The maximum absolute atomic E-state index is 12.2. The third kappa shape index (κ3) is 5.97. The van der Waals surface area contributed by atoms with Crippen LogP contribution in [0.3, 0.4) is 0 Å². The molecule has 0 unspecified atom stereocenters.